The van der Waals surface area contributed by atoms with Crippen LogP contribution in [0, 0.1) is 11.6 Å². The summed E-state index contributed by atoms with van der Waals surface area (Å²) >= 11 is 0. The fourth-order valence-corrected chi connectivity index (χ4v) is 2.85. The molecule has 3 nitrogen and oxygen atoms in total. The average Bonchev–Trinajstić information content (AvgIpc) is 2.69. The van der Waals surface area contributed by atoms with Crippen LogP contribution in [0.15, 0.2) is 77.6 Å². The summed E-state index contributed by atoms with van der Waals surface area (Å²) in [4.78, 5) is 17.6. The molecule has 1 heterocycles. The number of para-hydroxylation sites is 1. The van der Waals surface area contributed by atoms with Gasteiger partial charge in [0.05, 0.1) is 16.6 Å². The van der Waals surface area contributed by atoms with Gasteiger partial charge in [-0.15, -0.1) is 0 Å². The lowest BCUT2D eigenvalue weighted by atomic mass is 10.2. The Bertz CT molecular complexity index is 1190. The zero-order valence-electron chi connectivity index (χ0n) is 14.1. The second kappa shape index (κ2) is 6.96. The predicted molar refractivity (Wildman–Crippen MR) is 103 cm³/mol. The van der Waals surface area contributed by atoms with Crippen molar-refractivity contribution in [2.45, 2.75) is 0 Å². The van der Waals surface area contributed by atoms with E-state index in [4.69, 9.17) is 0 Å². The van der Waals surface area contributed by atoms with Gasteiger partial charge in [-0.2, -0.15) is 0 Å². The smallest absolute Gasteiger partial charge is 0.266 e. The van der Waals surface area contributed by atoms with Gasteiger partial charge in [-0.05, 0) is 60.2 Å². The van der Waals surface area contributed by atoms with Crippen LogP contribution in [-0.4, -0.2) is 9.55 Å². The topological polar surface area (TPSA) is 34.9 Å². The van der Waals surface area contributed by atoms with Gasteiger partial charge in [-0.1, -0.05) is 30.3 Å². The number of halogens is 2. The van der Waals surface area contributed by atoms with Crippen molar-refractivity contribution in [2.75, 3.05) is 0 Å². The van der Waals surface area contributed by atoms with E-state index in [1.807, 2.05) is 6.07 Å². The van der Waals surface area contributed by atoms with E-state index in [0.29, 0.717) is 22.4 Å². The van der Waals surface area contributed by atoms with Gasteiger partial charge >= 0.3 is 0 Å². The van der Waals surface area contributed by atoms with Crippen LogP contribution in [0.4, 0.5) is 8.78 Å². The van der Waals surface area contributed by atoms with Crippen molar-refractivity contribution in [1.29, 1.82) is 0 Å². The van der Waals surface area contributed by atoms with E-state index in [0.717, 1.165) is 5.56 Å². The summed E-state index contributed by atoms with van der Waals surface area (Å²) in [6.45, 7) is 0. The quantitative estimate of drug-likeness (QED) is 0.524. The fraction of sp³-hybridized carbons (Fsp3) is 0. The van der Waals surface area contributed by atoms with Crippen molar-refractivity contribution in [1.82, 2.24) is 9.55 Å². The minimum Gasteiger partial charge on any atom is -0.268 e. The Morgan fingerprint density at radius 1 is 0.778 bits per heavy atom. The summed E-state index contributed by atoms with van der Waals surface area (Å²) in [6, 6.07) is 18.7. The highest BCUT2D eigenvalue weighted by Gasteiger charge is 2.11. The molecule has 5 heteroatoms. The third-order valence-corrected chi connectivity index (χ3v) is 4.18. The lowest BCUT2D eigenvalue weighted by molar-refractivity contribution is 0.627. The molecule has 0 amide bonds. The average molecular weight is 360 g/mol. The maximum Gasteiger partial charge on any atom is 0.266 e. The molecule has 0 spiro atoms. The summed E-state index contributed by atoms with van der Waals surface area (Å²) in [7, 11) is 0. The summed E-state index contributed by atoms with van der Waals surface area (Å²) in [6.07, 6.45) is 3.43. The van der Waals surface area contributed by atoms with Gasteiger partial charge in [0.25, 0.3) is 5.56 Å². The van der Waals surface area contributed by atoms with Crippen molar-refractivity contribution in [3.05, 3.63) is 106 Å². The van der Waals surface area contributed by atoms with Crippen LogP contribution in [-0.2, 0) is 0 Å². The van der Waals surface area contributed by atoms with Gasteiger partial charge in [0.1, 0.15) is 17.5 Å². The highest BCUT2D eigenvalue weighted by molar-refractivity contribution is 5.80. The third-order valence-electron chi connectivity index (χ3n) is 4.18. The number of hydrogen-bond acceptors (Lipinski definition) is 2. The Labute approximate surface area is 153 Å². The van der Waals surface area contributed by atoms with Crippen LogP contribution in [0.3, 0.4) is 0 Å². The Morgan fingerprint density at radius 2 is 1.41 bits per heavy atom. The van der Waals surface area contributed by atoms with E-state index in [-0.39, 0.29) is 17.2 Å². The first kappa shape index (κ1) is 16.8. The lowest BCUT2D eigenvalue weighted by Gasteiger charge is -2.11. The number of rotatable bonds is 3. The molecule has 0 unspecified atom stereocenters. The number of benzene rings is 3. The molecule has 0 saturated carbocycles. The molecule has 0 aliphatic carbocycles. The van der Waals surface area contributed by atoms with Crippen LogP contribution >= 0.6 is 0 Å². The standard InChI is InChI=1S/C22H14F2N2O/c23-16-8-5-15(6-9-16)7-14-21-25-20-4-2-1-3-19(20)22(27)26(21)18-12-10-17(24)11-13-18/h1-14H/b14-7+. The van der Waals surface area contributed by atoms with Crippen molar-refractivity contribution >= 4 is 23.1 Å². The molecule has 0 saturated heterocycles. The van der Waals surface area contributed by atoms with Crippen molar-refractivity contribution < 1.29 is 8.78 Å². The maximum absolute atomic E-state index is 13.3. The molecule has 27 heavy (non-hydrogen) atoms. The first-order valence-electron chi connectivity index (χ1n) is 8.33. The lowest BCUT2D eigenvalue weighted by Crippen LogP contribution is -2.22. The minimum atomic E-state index is -0.385. The molecule has 4 rings (SSSR count). The highest BCUT2D eigenvalue weighted by atomic mass is 19.1. The second-order valence-corrected chi connectivity index (χ2v) is 5.99. The van der Waals surface area contributed by atoms with E-state index in [1.165, 1.54) is 41.0 Å². The Kier molecular flexibility index (Phi) is 4.34. The van der Waals surface area contributed by atoms with Crippen LogP contribution in [0.25, 0.3) is 28.7 Å². The van der Waals surface area contributed by atoms with E-state index >= 15 is 0 Å². The number of fused-ring (bicyclic) bond motifs is 1. The molecule has 4 aromatic rings. The molecular weight excluding hydrogens is 346 g/mol. The molecular formula is C22H14F2N2O. The Morgan fingerprint density at radius 3 is 2.11 bits per heavy atom. The molecule has 0 radical (unpaired) electrons. The van der Waals surface area contributed by atoms with E-state index in [2.05, 4.69) is 4.98 Å². The summed E-state index contributed by atoms with van der Waals surface area (Å²) < 4.78 is 27.8. The largest absolute Gasteiger partial charge is 0.268 e. The number of aromatic nitrogens is 2. The molecule has 0 aliphatic rings. The van der Waals surface area contributed by atoms with Gasteiger partial charge in [0.15, 0.2) is 0 Å². The molecule has 0 atom stereocenters. The molecule has 1 aromatic heterocycles. The first-order chi connectivity index (χ1) is 13.1. The second-order valence-electron chi connectivity index (χ2n) is 5.99. The Hall–Kier alpha value is -3.60. The third kappa shape index (κ3) is 3.40. The zero-order valence-corrected chi connectivity index (χ0v) is 14.1. The van der Waals surface area contributed by atoms with Crippen molar-refractivity contribution in [2.24, 2.45) is 0 Å². The van der Waals surface area contributed by atoms with Gasteiger partial charge < -0.3 is 0 Å². The SMILES string of the molecule is O=c1c2ccccc2nc(/C=C/c2ccc(F)cc2)n1-c1ccc(F)cc1. The number of nitrogens with zero attached hydrogens (tertiary/aromatic N) is 2. The van der Waals surface area contributed by atoms with E-state index < -0.39 is 0 Å². The molecule has 0 N–H and O–H groups in total. The Balaban J connectivity index is 1.92. The van der Waals surface area contributed by atoms with Crippen LogP contribution in [0.5, 0.6) is 0 Å². The summed E-state index contributed by atoms with van der Waals surface area (Å²) in [5, 5.41) is 0.473. The fourth-order valence-electron chi connectivity index (χ4n) is 2.85. The summed E-state index contributed by atoms with van der Waals surface area (Å²) in [5.41, 5.74) is 1.61. The molecule has 0 bridgehead atoms. The van der Waals surface area contributed by atoms with Gasteiger partial charge in [-0.25, -0.2) is 13.8 Å². The van der Waals surface area contributed by atoms with Crippen molar-refractivity contribution in [3.8, 4) is 5.69 Å². The maximum atomic E-state index is 13.3. The molecule has 3 aromatic carbocycles. The predicted octanol–water partition coefficient (Wildman–Crippen LogP) is 4.83. The molecule has 132 valence electrons. The monoisotopic (exact) mass is 360 g/mol. The molecule has 0 aliphatic heterocycles. The van der Waals surface area contributed by atoms with Crippen LogP contribution < -0.4 is 5.56 Å². The van der Waals surface area contributed by atoms with E-state index in [1.54, 1.807) is 42.5 Å². The molecule has 0 fully saturated rings. The normalized spacial score (nSPS) is 11.3. The van der Waals surface area contributed by atoms with Crippen molar-refractivity contribution in [3.63, 3.8) is 0 Å². The van der Waals surface area contributed by atoms with Crippen LogP contribution in [0.1, 0.15) is 11.4 Å². The van der Waals surface area contributed by atoms with E-state index in [9.17, 15) is 13.6 Å². The number of hydrogen-bond donors (Lipinski definition) is 0. The zero-order chi connectivity index (χ0) is 18.8. The highest BCUT2D eigenvalue weighted by Crippen LogP contribution is 2.16. The van der Waals surface area contributed by atoms with Gasteiger partial charge in [0, 0.05) is 0 Å². The van der Waals surface area contributed by atoms with Gasteiger partial charge in [-0.3, -0.25) is 9.36 Å². The first-order valence-corrected chi connectivity index (χ1v) is 8.33. The minimum absolute atomic E-state index is 0.244. The van der Waals surface area contributed by atoms with Crippen LogP contribution in [0.2, 0.25) is 0 Å². The summed E-state index contributed by atoms with van der Waals surface area (Å²) in [5.74, 6) is -0.308. The van der Waals surface area contributed by atoms with Gasteiger partial charge in [0.2, 0.25) is 0 Å².